The van der Waals surface area contributed by atoms with Gasteiger partial charge in [0, 0.05) is 19.3 Å². The maximum atomic E-state index is 12.8. The van der Waals surface area contributed by atoms with Gasteiger partial charge in [-0.25, -0.2) is 0 Å². The molecule has 0 saturated heterocycles. The molecule has 0 aromatic carbocycles. The van der Waals surface area contributed by atoms with E-state index in [4.69, 9.17) is 14.2 Å². The zero-order valence-electron chi connectivity index (χ0n) is 41.8. The average molecular weight is 863 g/mol. The van der Waals surface area contributed by atoms with Gasteiger partial charge < -0.3 is 14.2 Å². The number of rotatable bonds is 49. The van der Waals surface area contributed by atoms with Gasteiger partial charge in [-0.15, -0.1) is 0 Å². The molecule has 0 spiro atoms. The fourth-order valence-corrected chi connectivity index (χ4v) is 8.31. The Hall–Kier alpha value is -1.59. The molecule has 1 unspecified atom stereocenters. The summed E-state index contributed by atoms with van der Waals surface area (Å²) in [7, 11) is 0. The van der Waals surface area contributed by atoms with Crippen molar-refractivity contribution in [3.05, 3.63) is 0 Å². The maximum Gasteiger partial charge on any atom is 0.306 e. The van der Waals surface area contributed by atoms with Gasteiger partial charge >= 0.3 is 17.9 Å². The fourth-order valence-electron chi connectivity index (χ4n) is 8.31. The number of carbonyl (C=O) groups excluding carboxylic acids is 3. The Morgan fingerprint density at radius 2 is 0.623 bits per heavy atom. The lowest BCUT2D eigenvalue weighted by molar-refractivity contribution is -0.167. The van der Waals surface area contributed by atoms with Crippen LogP contribution in [-0.4, -0.2) is 37.2 Å². The van der Waals surface area contributed by atoms with Crippen LogP contribution in [0.25, 0.3) is 0 Å². The Balaban J connectivity index is 4.27. The number of hydrogen-bond acceptors (Lipinski definition) is 6. The van der Waals surface area contributed by atoms with Crippen LogP contribution < -0.4 is 0 Å². The lowest BCUT2D eigenvalue weighted by Gasteiger charge is -2.18. The molecule has 0 heterocycles. The second-order valence-corrected chi connectivity index (χ2v) is 19.6. The summed E-state index contributed by atoms with van der Waals surface area (Å²) in [5, 5.41) is 0. The van der Waals surface area contributed by atoms with Crippen LogP contribution in [-0.2, 0) is 28.6 Å². The van der Waals surface area contributed by atoms with Crippen LogP contribution in [0.15, 0.2) is 0 Å². The largest absolute Gasteiger partial charge is 0.462 e. The molecule has 0 aliphatic carbocycles. The Morgan fingerprint density at radius 3 is 0.934 bits per heavy atom. The molecule has 0 radical (unpaired) electrons. The normalized spacial score (nSPS) is 12.5. The standard InChI is InChI=1S/C55H106O6/c1-6-8-9-10-11-12-13-14-15-16-17-18-19-24-27-30-37-42-47-55(58)61-52(49-60-54(57)46-41-36-32-31-34-39-44-51(5)7-2)48-59-53(56)45-40-35-29-26-23-21-20-22-25-28-33-38-43-50(3)4/h50-52H,6-49H2,1-5H3/t51?,52-/m1/s1. The molecule has 362 valence electrons. The van der Waals surface area contributed by atoms with Crippen LogP contribution >= 0.6 is 0 Å². The topological polar surface area (TPSA) is 78.9 Å². The van der Waals surface area contributed by atoms with Gasteiger partial charge in [0.15, 0.2) is 6.10 Å². The molecular weight excluding hydrogens is 757 g/mol. The van der Waals surface area contributed by atoms with Gasteiger partial charge in [-0.2, -0.15) is 0 Å². The van der Waals surface area contributed by atoms with E-state index in [9.17, 15) is 14.4 Å². The smallest absolute Gasteiger partial charge is 0.306 e. The molecule has 0 bridgehead atoms. The molecule has 61 heavy (non-hydrogen) atoms. The highest BCUT2D eigenvalue weighted by atomic mass is 16.6. The first-order chi connectivity index (χ1) is 29.8. The molecule has 0 saturated carbocycles. The molecule has 0 aliphatic rings. The SMILES string of the molecule is CCCCCCCCCCCCCCCCCCCCC(=O)O[C@H](COC(=O)CCCCCCCCCCCCCCC(C)C)COC(=O)CCCCCCCCC(C)CC. The molecule has 2 atom stereocenters. The summed E-state index contributed by atoms with van der Waals surface area (Å²) in [5.74, 6) is 0.800. The third-order valence-electron chi connectivity index (χ3n) is 12.8. The highest BCUT2D eigenvalue weighted by Gasteiger charge is 2.19. The number of unbranched alkanes of at least 4 members (excludes halogenated alkanes) is 33. The van der Waals surface area contributed by atoms with Crippen LogP contribution in [0.4, 0.5) is 0 Å². The predicted molar refractivity (Wildman–Crippen MR) is 261 cm³/mol. The van der Waals surface area contributed by atoms with Gasteiger partial charge in [-0.3, -0.25) is 14.4 Å². The van der Waals surface area contributed by atoms with E-state index < -0.39 is 6.10 Å². The van der Waals surface area contributed by atoms with Crippen LogP contribution in [0.2, 0.25) is 0 Å². The summed E-state index contributed by atoms with van der Waals surface area (Å²) in [6.07, 6.45) is 49.5. The van der Waals surface area contributed by atoms with Crippen molar-refractivity contribution in [2.75, 3.05) is 13.2 Å². The molecule has 6 heteroatoms. The van der Waals surface area contributed by atoms with E-state index in [0.717, 1.165) is 69.6 Å². The van der Waals surface area contributed by atoms with E-state index in [1.54, 1.807) is 0 Å². The van der Waals surface area contributed by atoms with Gasteiger partial charge in [-0.05, 0) is 31.1 Å². The fraction of sp³-hybridized carbons (Fsp3) is 0.945. The summed E-state index contributed by atoms with van der Waals surface area (Å²) in [6.45, 7) is 11.4. The Bertz CT molecular complexity index is 933. The molecule has 0 N–H and O–H groups in total. The molecule has 0 aliphatic heterocycles. The number of carbonyl (C=O) groups is 3. The van der Waals surface area contributed by atoms with Crippen LogP contribution in [0.3, 0.4) is 0 Å². The Labute approximate surface area is 380 Å². The highest BCUT2D eigenvalue weighted by Crippen LogP contribution is 2.18. The summed E-state index contributed by atoms with van der Waals surface area (Å²) in [4.78, 5) is 38.0. The van der Waals surface area contributed by atoms with E-state index >= 15 is 0 Å². The third kappa shape index (κ3) is 47.7. The van der Waals surface area contributed by atoms with Crippen LogP contribution in [0.1, 0.15) is 304 Å². The zero-order valence-corrected chi connectivity index (χ0v) is 41.8. The van der Waals surface area contributed by atoms with Crippen molar-refractivity contribution in [3.8, 4) is 0 Å². The van der Waals surface area contributed by atoms with Crippen molar-refractivity contribution in [2.24, 2.45) is 11.8 Å². The van der Waals surface area contributed by atoms with Crippen molar-refractivity contribution in [3.63, 3.8) is 0 Å². The zero-order chi connectivity index (χ0) is 44.7. The lowest BCUT2D eigenvalue weighted by atomic mass is 10.00. The van der Waals surface area contributed by atoms with E-state index in [1.807, 2.05) is 0 Å². The van der Waals surface area contributed by atoms with Gasteiger partial charge in [0.05, 0.1) is 0 Å². The number of hydrogen-bond donors (Lipinski definition) is 0. The first-order valence-corrected chi connectivity index (χ1v) is 27.3. The van der Waals surface area contributed by atoms with Crippen molar-refractivity contribution >= 4 is 17.9 Å². The van der Waals surface area contributed by atoms with Crippen molar-refractivity contribution in [2.45, 2.75) is 310 Å². The van der Waals surface area contributed by atoms with E-state index in [2.05, 4.69) is 34.6 Å². The summed E-state index contributed by atoms with van der Waals surface area (Å²) in [5.41, 5.74) is 0. The second kappa shape index (κ2) is 47.9. The minimum atomic E-state index is -0.762. The van der Waals surface area contributed by atoms with E-state index in [1.165, 1.54) is 193 Å². The number of esters is 3. The number of ether oxygens (including phenoxy) is 3. The predicted octanol–water partition coefficient (Wildman–Crippen LogP) is 17.7. The van der Waals surface area contributed by atoms with Crippen LogP contribution in [0.5, 0.6) is 0 Å². The van der Waals surface area contributed by atoms with Crippen LogP contribution in [0, 0.1) is 11.8 Å². The van der Waals surface area contributed by atoms with E-state index in [0.29, 0.717) is 19.3 Å². The summed E-state index contributed by atoms with van der Waals surface area (Å²) in [6, 6.07) is 0. The third-order valence-corrected chi connectivity index (χ3v) is 12.8. The monoisotopic (exact) mass is 863 g/mol. The molecule has 0 rings (SSSR count). The second-order valence-electron chi connectivity index (χ2n) is 19.6. The van der Waals surface area contributed by atoms with Crippen molar-refractivity contribution in [1.82, 2.24) is 0 Å². The Kier molecular flexibility index (Phi) is 46.6. The first-order valence-electron chi connectivity index (χ1n) is 27.3. The molecule has 0 fully saturated rings. The molecule has 0 aromatic heterocycles. The van der Waals surface area contributed by atoms with Gasteiger partial charge in [0.25, 0.3) is 0 Å². The first kappa shape index (κ1) is 59.4. The summed E-state index contributed by atoms with van der Waals surface area (Å²) >= 11 is 0. The quantitative estimate of drug-likeness (QED) is 0.0344. The minimum Gasteiger partial charge on any atom is -0.462 e. The maximum absolute atomic E-state index is 12.8. The molecular formula is C55H106O6. The summed E-state index contributed by atoms with van der Waals surface area (Å²) < 4.78 is 16.8. The highest BCUT2D eigenvalue weighted by molar-refractivity contribution is 5.71. The van der Waals surface area contributed by atoms with Gasteiger partial charge in [0.1, 0.15) is 13.2 Å². The van der Waals surface area contributed by atoms with Crippen molar-refractivity contribution < 1.29 is 28.6 Å². The molecule has 0 aromatic rings. The van der Waals surface area contributed by atoms with Gasteiger partial charge in [-0.1, -0.05) is 266 Å². The van der Waals surface area contributed by atoms with Gasteiger partial charge in [0.2, 0.25) is 0 Å². The Morgan fingerprint density at radius 1 is 0.344 bits per heavy atom. The van der Waals surface area contributed by atoms with Crippen molar-refractivity contribution in [1.29, 1.82) is 0 Å². The van der Waals surface area contributed by atoms with E-state index in [-0.39, 0.29) is 31.1 Å². The average Bonchev–Trinajstić information content (AvgIpc) is 3.24. The minimum absolute atomic E-state index is 0.0641. The molecule has 6 nitrogen and oxygen atoms in total. The lowest BCUT2D eigenvalue weighted by Crippen LogP contribution is -2.30. The molecule has 0 amide bonds.